The summed E-state index contributed by atoms with van der Waals surface area (Å²) in [6.45, 7) is 4.59. The molecule has 1 saturated heterocycles. The molecule has 2 aliphatic rings. The van der Waals surface area contributed by atoms with Crippen LogP contribution >= 0.6 is 0 Å². The van der Waals surface area contributed by atoms with Gasteiger partial charge in [0.05, 0.1) is 42.4 Å². The van der Waals surface area contributed by atoms with Gasteiger partial charge in [-0.25, -0.2) is 14.4 Å². The molecular weight excluding hydrogens is 521 g/mol. The summed E-state index contributed by atoms with van der Waals surface area (Å²) >= 11 is 0. The number of hydrogen-bond acceptors (Lipinski definition) is 7. The van der Waals surface area contributed by atoms with E-state index in [-0.39, 0.29) is 0 Å². The van der Waals surface area contributed by atoms with Crippen LogP contribution in [0.3, 0.4) is 0 Å². The molecule has 8 nitrogen and oxygen atoms in total. The molecule has 208 valence electrons. The van der Waals surface area contributed by atoms with Crippen molar-refractivity contribution in [3.05, 3.63) is 99.5 Å². The van der Waals surface area contributed by atoms with E-state index < -0.39 is 23.5 Å². The number of nitrogens with zero attached hydrogens (tertiary/aromatic N) is 5. The molecule has 1 N–H and O–H groups in total. The van der Waals surface area contributed by atoms with Crippen molar-refractivity contribution in [3.8, 4) is 34.3 Å². The van der Waals surface area contributed by atoms with Crippen molar-refractivity contribution in [1.82, 2.24) is 19.4 Å². The molecule has 6 rings (SSSR count). The molecule has 1 aliphatic heterocycles. The van der Waals surface area contributed by atoms with Gasteiger partial charge in [-0.05, 0) is 86.8 Å². The Labute approximate surface area is 237 Å². The number of rotatable bonds is 6. The summed E-state index contributed by atoms with van der Waals surface area (Å²) in [4.78, 5) is 24.5. The summed E-state index contributed by atoms with van der Waals surface area (Å²) in [5.41, 5.74) is 2.82. The van der Waals surface area contributed by atoms with Crippen LogP contribution in [0.15, 0.2) is 65.7 Å². The minimum absolute atomic E-state index is 0.307. The number of aromatic nitrogens is 3. The molecule has 2 unspecified atom stereocenters. The minimum Gasteiger partial charge on any atom is -0.490 e. The van der Waals surface area contributed by atoms with Gasteiger partial charge in [0.15, 0.2) is 17.4 Å². The predicted octanol–water partition coefficient (Wildman–Crippen LogP) is 4.71. The van der Waals surface area contributed by atoms with E-state index in [0.717, 1.165) is 43.1 Å². The second-order valence-corrected chi connectivity index (χ2v) is 10.9. The lowest BCUT2D eigenvalue weighted by Gasteiger charge is -2.28. The lowest BCUT2D eigenvalue weighted by atomic mass is 9.98. The number of aliphatic hydroxyl groups is 1. The Balaban J connectivity index is 1.27. The van der Waals surface area contributed by atoms with Crippen LogP contribution in [0.25, 0.3) is 22.5 Å². The highest BCUT2D eigenvalue weighted by molar-refractivity contribution is 5.78. The van der Waals surface area contributed by atoms with Crippen LogP contribution in [-0.2, 0) is 0 Å². The molecular formula is C32H30FN5O3. The van der Waals surface area contributed by atoms with E-state index in [1.807, 2.05) is 24.3 Å². The number of hydrogen-bond donors (Lipinski definition) is 1. The highest BCUT2D eigenvalue weighted by atomic mass is 19.1. The Kier molecular flexibility index (Phi) is 7.12. The Morgan fingerprint density at radius 2 is 1.88 bits per heavy atom. The van der Waals surface area contributed by atoms with Gasteiger partial charge in [-0.1, -0.05) is 24.3 Å². The van der Waals surface area contributed by atoms with E-state index in [1.54, 1.807) is 37.5 Å². The Morgan fingerprint density at radius 3 is 2.61 bits per heavy atom. The molecule has 0 bridgehead atoms. The summed E-state index contributed by atoms with van der Waals surface area (Å²) in [5.74, 6) is 0.718. The maximum Gasteiger partial charge on any atom is 0.287 e. The zero-order valence-corrected chi connectivity index (χ0v) is 22.9. The van der Waals surface area contributed by atoms with Crippen LogP contribution in [0.1, 0.15) is 54.3 Å². The van der Waals surface area contributed by atoms with E-state index >= 15 is 0 Å². The average Bonchev–Trinajstić information content (AvgIpc) is 3.27. The Bertz CT molecular complexity index is 1700. The molecule has 1 fully saturated rings. The third-order valence-corrected chi connectivity index (χ3v) is 8.22. The minimum atomic E-state index is -1.13. The first kappa shape index (κ1) is 26.8. The van der Waals surface area contributed by atoms with Crippen molar-refractivity contribution in [3.63, 3.8) is 0 Å². The summed E-state index contributed by atoms with van der Waals surface area (Å²) in [6, 6.07) is 14.9. The second-order valence-electron chi connectivity index (χ2n) is 10.9. The van der Waals surface area contributed by atoms with Crippen molar-refractivity contribution >= 4 is 0 Å². The number of nitriles is 1. The zero-order chi connectivity index (χ0) is 28.7. The first-order valence-corrected chi connectivity index (χ1v) is 13.7. The molecule has 9 heteroatoms. The van der Waals surface area contributed by atoms with Gasteiger partial charge in [-0.15, -0.1) is 0 Å². The molecule has 4 aromatic rings. The van der Waals surface area contributed by atoms with Gasteiger partial charge in [0.2, 0.25) is 0 Å². The molecule has 0 radical (unpaired) electrons. The third kappa shape index (κ3) is 5.01. The fourth-order valence-corrected chi connectivity index (χ4v) is 5.81. The maximum absolute atomic E-state index is 15.0. The van der Waals surface area contributed by atoms with E-state index in [1.165, 1.54) is 4.57 Å². The molecule has 2 atom stereocenters. The van der Waals surface area contributed by atoms with Gasteiger partial charge in [0, 0.05) is 11.1 Å². The quantitative estimate of drug-likeness (QED) is 0.370. The maximum atomic E-state index is 15.0. The normalized spacial score (nSPS) is 17.5. The van der Waals surface area contributed by atoms with Gasteiger partial charge in [-0.2, -0.15) is 5.26 Å². The van der Waals surface area contributed by atoms with Crippen LogP contribution in [0.2, 0.25) is 0 Å². The van der Waals surface area contributed by atoms with Crippen LogP contribution < -0.4 is 10.3 Å². The summed E-state index contributed by atoms with van der Waals surface area (Å²) in [5, 5.41) is 20.5. The highest BCUT2D eigenvalue weighted by Crippen LogP contribution is 2.44. The standard InChI is InChI=1S/C32H30FN5O3/c1-19(38-29-27(14-28(33)32(38)40)26-12-21(15-34)6-7-25(26)30(29)39)22-4-3-5-23(13-22)31-35-16-24(17-36-31)41-18-20-8-10-37(2)11-9-20/h3-7,12-14,16-17,19-20,30,39H,8-11,18H2,1-2H3. The van der Waals surface area contributed by atoms with Gasteiger partial charge in [0.1, 0.15) is 6.10 Å². The van der Waals surface area contributed by atoms with E-state index in [2.05, 4.69) is 28.0 Å². The number of likely N-dealkylation sites (tertiary alicyclic amines) is 1. The van der Waals surface area contributed by atoms with Gasteiger partial charge < -0.3 is 14.7 Å². The topological polar surface area (TPSA) is 104 Å². The lowest BCUT2D eigenvalue weighted by Crippen LogP contribution is -2.32. The summed E-state index contributed by atoms with van der Waals surface area (Å²) in [7, 11) is 2.14. The van der Waals surface area contributed by atoms with Gasteiger partial charge in [0.25, 0.3) is 5.56 Å². The highest BCUT2D eigenvalue weighted by Gasteiger charge is 2.34. The zero-order valence-electron chi connectivity index (χ0n) is 22.9. The third-order valence-electron chi connectivity index (χ3n) is 8.22. The van der Waals surface area contributed by atoms with E-state index in [0.29, 0.717) is 52.0 Å². The molecule has 2 aromatic carbocycles. The number of benzene rings is 2. The Morgan fingerprint density at radius 1 is 1.12 bits per heavy atom. The number of halogens is 1. The largest absolute Gasteiger partial charge is 0.490 e. The molecule has 0 spiro atoms. The fraction of sp³-hybridized carbons (Fsp3) is 0.312. The molecule has 0 amide bonds. The van der Waals surface area contributed by atoms with Crippen molar-refractivity contribution in [2.45, 2.75) is 31.9 Å². The van der Waals surface area contributed by atoms with Crippen LogP contribution in [0, 0.1) is 23.1 Å². The SMILES string of the molecule is CC(c1cccc(-c2ncc(OCC3CCN(C)CC3)cn2)c1)n1c2c(cc(F)c1=O)-c1cc(C#N)ccc1C2O. The van der Waals surface area contributed by atoms with Crippen LogP contribution in [0.4, 0.5) is 4.39 Å². The molecule has 41 heavy (non-hydrogen) atoms. The molecule has 3 heterocycles. The number of piperidine rings is 1. The number of ether oxygens (including phenoxy) is 1. The van der Waals surface area contributed by atoms with Crippen molar-refractivity contribution in [2.24, 2.45) is 5.92 Å². The smallest absolute Gasteiger partial charge is 0.287 e. The van der Waals surface area contributed by atoms with Crippen LogP contribution in [-0.4, -0.2) is 51.3 Å². The van der Waals surface area contributed by atoms with E-state index in [4.69, 9.17) is 4.74 Å². The average molecular weight is 552 g/mol. The number of pyridine rings is 1. The predicted molar refractivity (Wildman–Crippen MR) is 152 cm³/mol. The molecule has 2 aromatic heterocycles. The first-order valence-electron chi connectivity index (χ1n) is 13.7. The summed E-state index contributed by atoms with van der Waals surface area (Å²) in [6.07, 6.45) is 4.43. The lowest BCUT2D eigenvalue weighted by molar-refractivity contribution is 0.159. The number of fused-ring (bicyclic) bond motifs is 3. The summed E-state index contributed by atoms with van der Waals surface area (Å²) < 4.78 is 22.2. The van der Waals surface area contributed by atoms with Crippen LogP contribution in [0.5, 0.6) is 5.75 Å². The second kappa shape index (κ2) is 10.9. The van der Waals surface area contributed by atoms with Gasteiger partial charge in [-0.3, -0.25) is 9.36 Å². The van der Waals surface area contributed by atoms with Crippen molar-refractivity contribution in [2.75, 3.05) is 26.7 Å². The van der Waals surface area contributed by atoms with E-state index in [9.17, 15) is 19.6 Å². The monoisotopic (exact) mass is 551 g/mol. The molecule has 1 aliphatic carbocycles. The van der Waals surface area contributed by atoms with Crippen molar-refractivity contribution in [1.29, 1.82) is 5.26 Å². The Hall–Kier alpha value is -4.39. The molecule has 0 saturated carbocycles. The first-order chi connectivity index (χ1) is 19.8. The van der Waals surface area contributed by atoms with Crippen molar-refractivity contribution < 1.29 is 14.2 Å². The van der Waals surface area contributed by atoms with Gasteiger partial charge >= 0.3 is 0 Å². The number of aliphatic hydroxyl groups excluding tert-OH is 1. The fourth-order valence-electron chi connectivity index (χ4n) is 5.81.